The highest BCUT2D eigenvalue weighted by Gasteiger charge is 2.26. The smallest absolute Gasteiger partial charge is 0.135 e. The average Bonchev–Trinajstić information content (AvgIpc) is 2.16. The van der Waals surface area contributed by atoms with Crippen molar-refractivity contribution < 1.29 is 5.11 Å². The highest BCUT2D eigenvalue weighted by atomic mass is 32.2. The SMILES string of the molecule is CC(C)(C)c1cc(SC(N)=S)cc(C(C)(C)C)c1O. The molecule has 0 aliphatic heterocycles. The van der Waals surface area contributed by atoms with Gasteiger partial charge < -0.3 is 10.8 Å². The van der Waals surface area contributed by atoms with Gasteiger partial charge in [-0.25, -0.2) is 0 Å². The van der Waals surface area contributed by atoms with Gasteiger partial charge in [0, 0.05) is 16.0 Å². The van der Waals surface area contributed by atoms with Crippen molar-refractivity contribution in [3.05, 3.63) is 23.3 Å². The summed E-state index contributed by atoms with van der Waals surface area (Å²) in [5, 5.41) is 10.5. The molecule has 1 aromatic carbocycles. The van der Waals surface area contributed by atoms with E-state index in [-0.39, 0.29) is 10.8 Å². The number of rotatable bonds is 1. The number of nitrogens with two attached hydrogens (primary N) is 1. The van der Waals surface area contributed by atoms with Crippen LogP contribution in [0.25, 0.3) is 0 Å². The summed E-state index contributed by atoms with van der Waals surface area (Å²) in [5.41, 5.74) is 7.22. The van der Waals surface area contributed by atoms with Crippen LogP contribution in [-0.4, -0.2) is 9.43 Å². The molecule has 0 unspecified atom stereocenters. The summed E-state index contributed by atoms with van der Waals surface area (Å²) in [6, 6.07) is 3.96. The van der Waals surface area contributed by atoms with Gasteiger partial charge in [-0.1, -0.05) is 65.5 Å². The van der Waals surface area contributed by atoms with Crippen molar-refractivity contribution in [1.82, 2.24) is 0 Å². The summed E-state index contributed by atoms with van der Waals surface area (Å²) < 4.78 is 0.394. The summed E-state index contributed by atoms with van der Waals surface area (Å²) in [6.07, 6.45) is 0. The molecule has 1 aromatic rings. The minimum atomic E-state index is -0.128. The van der Waals surface area contributed by atoms with Gasteiger partial charge in [-0.3, -0.25) is 0 Å². The van der Waals surface area contributed by atoms with E-state index in [1.165, 1.54) is 11.8 Å². The van der Waals surface area contributed by atoms with Crippen LogP contribution in [0.5, 0.6) is 5.75 Å². The third kappa shape index (κ3) is 4.11. The van der Waals surface area contributed by atoms with E-state index in [0.717, 1.165) is 16.0 Å². The number of hydrogen-bond acceptors (Lipinski definition) is 3. The Bertz CT molecular complexity index is 461. The second kappa shape index (κ2) is 5.33. The maximum atomic E-state index is 10.5. The molecular formula is C15H23NOS2. The van der Waals surface area contributed by atoms with E-state index in [9.17, 15) is 5.11 Å². The van der Waals surface area contributed by atoms with Crippen molar-refractivity contribution in [3.63, 3.8) is 0 Å². The maximum Gasteiger partial charge on any atom is 0.135 e. The van der Waals surface area contributed by atoms with Gasteiger partial charge in [0.1, 0.15) is 10.1 Å². The fourth-order valence-corrected chi connectivity index (χ4v) is 2.80. The van der Waals surface area contributed by atoms with E-state index in [0.29, 0.717) is 10.1 Å². The quantitative estimate of drug-likeness (QED) is 0.598. The number of benzene rings is 1. The van der Waals surface area contributed by atoms with E-state index in [4.69, 9.17) is 18.0 Å². The number of hydrogen-bond donors (Lipinski definition) is 2. The van der Waals surface area contributed by atoms with Crippen molar-refractivity contribution >= 4 is 28.3 Å². The van der Waals surface area contributed by atoms with Gasteiger partial charge >= 0.3 is 0 Å². The Balaban J connectivity index is 3.52. The van der Waals surface area contributed by atoms with Gasteiger partial charge in [-0.2, -0.15) is 0 Å². The number of aromatic hydroxyl groups is 1. The summed E-state index contributed by atoms with van der Waals surface area (Å²) >= 11 is 6.33. The molecule has 0 fully saturated rings. The third-order valence-electron chi connectivity index (χ3n) is 2.92. The predicted molar refractivity (Wildman–Crippen MR) is 88.1 cm³/mol. The molecule has 0 aromatic heterocycles. The number of phenolic OH excluding ortho intramolecular Hbond substituents is 1. The largest absolute Gasteiger partial charge is 0.507 e. The van der Waals surface area contributed by atoms with Gasteiger partial charge in [0.15, 0.2) is 0 Å². The van der Waals surface area contributed by atoms with Gasteiger partial charge in [0.2, 0.25) is 0 Å². The molecule has 19 heavy (non-hydrogen) atoms. The van der Waals surface area contributed by atoms with Gasteiger partial charge in [-0.15, -0.1) is 0 Å². The van der Waals surface area contributed by atoms with E-state index < -0.39 is 0 Å². The molecule has 0 atom stereocenters. The first-order chi connectivity index (χ1) is 8.43. The topological polar surface area (TPSA) is 46.2 Å². The first-order valence-corrected chi connectivity index (χ1v) is 7.50. The molecule has 0 amide bonds. The number of thiocarbonyl (C=S) groups is 1. The lowest BCUT2D eigenvalue weighted by molar-refractivity contribution is 0.422. The molecule has 0 saturated carbocycles. The van der Waals surface area contributed by atoms with Crippen LogP contribution in [-0.2, 0) is 10.8 Å². The average molecular weight is 297 g/mol. The number of phenols is 1. The number of thioether (sulfide) groups is 1. The zero-order chi connectivity index (χ0) is 15.0. The molecule has 0 bridgehead atoms. The van der Waals surface area contributed by atoms with Crippen molar-refractivity contribution in [1.29, 1.82) is 0 Å². The lowest BCUT2D eigenvalue weighted by Crippen LogP contribution is -2.17. The molecule has 3 N–H and O–H groups in total. The Morgan fingerprint density at radius 3 is 1.68 bits per heavy atom. The first kappa shape index (κ1) is 16.3. The second-order valence-electron chi connectivity index (χ2n) is 6.79. The highest BCUT2D eigenvalue weighted by Crippen LogP contribution is 2.41. The molecule has 0 radical (unpaired) electrons. The molecule has 0 spiro atoms. The van der Waals surface area contributed by atoms with Crippen LogP contribution in [0.2, 0.25) is 0 Å². The lowest BCUT2D eigenvalue weighted by atomic mass is 9.79. The third-order valence-corrected chi connectivity index (χ3v) is 3.84. The minimum absolute atomic E-state index is 0.128. The molecule has 0 aliphatic carbocycles. The molecule has 0 saturated heterocycles. The Hall–Kier alpha value is -0.740. The summed E-state index contributed by atoms with van der Waals surface area (Å²) in [7, 11) is 0. The standard InChI is InChI=1S/C15H23NOS2/c1-14(2,3)10-7-9(19-13(16)18)8-11(12(10)17)15(4,5)6/h7-8,17H,1-6H3,(H2,16,18). The molecule has 2 nitrogen and oxygen atoms in total. The Morgan fingerprint density at radius 1 is 1.05 bits per heavy atom. The fourth-order valence-electron chi connectivity index (χ4n) is 1.93. The van der Waals surface area contributed by atoms with E-state index >= 15 is 0 Å². The van der Waals surface area contributed by atoms with Gasteiger partial charge in [-0.05, 0) is 23.0 Å². The van der Waals surface area contributed by atoms with Crippen molar-refractivity contribution in [2.75, 3.05) is 0 Å². The van der Waals surface area contributed by atoms with Crippen LogP contribution in [0.4, 0.5) is 0 Å². The monoisotopic (exact) mass is 297 g/mol. The minimum Gasteiger partial charge on any atom is -0.507 e. The molecule has 1 rings (SSSR count). The maximum absolute atomic E-state index is 10.5. The highest BCUT2D eigenvalue weighted by molar-refractivity contribution is 8.22. The van der Waals surface area contributed by atoms with Crippen LogP contribution in [0.1, 0.15) is 52.7 Å². The van der Waals surface area contributed by atoms with Crippen molar-refractivity contribution in [3.8, 4) is 5.75 Å². The normalized spacial score (nSPS) is 12.5. The summed E-state index contributed by atoms with van der Waals surface area (Å²) in [5.74, 6) is 0.382. The Kier molecular flexibility index (Phi) is 4.58. The van der Waals surface area contributed by atoms with E-state index in [2.05, 4.69) is 41.5 Å². The molecule has 106 valence electrons. The predicted octanol–water partition coefficient (Wildman–Crippen LogP) is 4.32. The van der Waals surface area contributed by atoms with Crippen LogP contribution < -0.4 is 5.73 Å². The summed E-state index contributed by atoms with van der Waals surface area (Å²) in [4.78, 5) is 0.986. The molecular weight excluding hydrogens is 274 g/mol. The molecule has 0 heterocycles. The van der Waals surface area contributed by atoms with Gasteiger partial charge in [0.25, 0.3) is 0 Å². The van der Waals surface area contributed by atoms with Crippen LogP contribution in [0, 0.1) is 0 Å². The van der Waals surface area contributed by atoms with Gasteiger partial charge in [0.05, 0.1) is 0 Å². The molecule has 0 aliphatic rings. The second-order valence-corrected chi connectivity index (χ2v) is 8.60. The van der Waals surface area contributed by atoms with Crippen molar-refractivity contribution in [2.45, 2.75) is 57.3 Å². The lowest BCUT2D eigenvalue weighted by Gasteiger charge is -2.28. The zero-order valence-corrected chi connectivity index (χ0v) is 14.1. The van der Waals surface area contributed by atoms with Crippen molar-refractivity contribution in [2.24, 2.45) is 5.73 Å². The zero-order valence-electron chi connectivity index (χ0n) is 12.5. The summed E-state index contributed by atoms with van der Waals surface area (Å²) in [6.45, 7) is 12.5. The van der Waals surface area contributed by atoms with Crippen LogP contribution in [0.15, 0.2) is 17.0 Å². The van der Waals surface area contributed by atoms with Crippen LogP contribution >= 0.6 is 24.0 Å². The molecule has 4 heteroatoms. The van der Waals surface area contributed by atoms with Crippen LogP contribution in [0.3, 0.4) is 0 Å². The van der Waals surface area contributed by atoms with E-state index in [1.807, 2.05) is 12.1 Å². The van der Waals surface area contributed by atoms with E-state index in [1.54, 1.807) is 0 Å². The fraction of sp³-hybridized carbons (Fsp3) is 0.533. The Labute approximate surface area is 125 Å². The Morgan fingerprint density at radius 2 is 1.42 bits per heavy atom. The first-order valence-electron chi connectivity index (χ1n) is 6.28.